The van der Waals surface area contributed by atoms with Crippen LogP contribution in [0.5, 0.6) is 0 Å². The molecule has 0 saturated carbocycles. The second-order valence-electron chi connectivity index (χ2n) is 11.0. The van der Waals surface area contributed by atoms with E-state index in [1.807, 2.05) is 48.5 Å². The number of piperazine rings is 1. The van der Waals surface area contributed by atoms with Crippen LogP contribution in [0.4, 0.5) is 4.79 Å². The van der Waals surface area contributed by atoms with Crippen molar-refractivity contribution in [3.8, 4) is 0 Å². The maximum atomic E-state index is 13.5. The van der Waals surface area contributed by atoms with Gasteiger partial charge in [-0.05, 0) is 42.5 Å². The molecule has 0 aliphatic carbocycles. The third kappa shape index (κ3) is 7.28. The topological polar surface area (TPSA) is 156 Å². The number of benzene rings is 2. The highest BCUT2D eigenvalue weighted by Crippen LogP contribution is 2.17. The lowest BCUT2D eigenvalue weighted by Crippen LogP contribution is -2.63. The largest absolute Gasteiger partial charge is 0.445 e. The van der Waals surface area contributed by atoms with E-state index in [4.69, 9.17) is 10.5 Å². The Morgan fingerprint density at radius 1 is 1.00 bits per heavy atom. The molecule has 5 rings (SSSR count). The Hall–Kier alpha value is -4.52. The van der Waals surface area contributed by atoms with Gasteiger partial charge in [0.25, 0.3) is 0 Å². The third-order valence-electron chi connectivity index (χ3n) is 8.02. The zero-order valence-electron chi connectivity index (χ0n) is 24.4. The molecule has 0 spiro atoms. The Morgan fingerprint density at radius 2 is 1.77 bits per heavy atom. The third-order valence-corrected chi connectivity index (χ3v) is 8.02. The van der Waals surface area contributed by atoms with Gasteiger partial charge in [0, 0.05) is 46.2 Å². The molecule has 43 heavy (non-hydrogen) atoms. The van der Waals surface area contributed by atoms with E-state index in [-0.39, 0.29) is 51.5 Å². The highest BCUT2D eigenvalue weighted by atomic mass is 16.6. The van der Waals surface area contributed by atoms with Gasteiger partial charge in [-0.15, -0.1) is 5.10 Å². The summed E-state index contributed by atoms with van der Waals surface area (Å²) >= 11 is 0. The molecule has 0 bridgehead atoms. The van der Waals surface area contributed by atoms with Crippen LogP contribution in [0.2, 0.25) is 0 Å². The van der Waals surface area contributed by atoms with Crippen molar-refractivity contribution < 1.29 is 23.9 Å². The van der Waals surface area contributed by atoms with Gasteiger partial charge in [-0.1, -0.05) is 41.6 Å². The molecule has 228 valence electrons. The summed E-state index contributed by atoms with van der Waals surface area (Å²) in [5, 5.41) is 11.0. The van der Waals surface area contributed by atoms with Gasteiger partial charge >= 0.3 is 6.09 Å². The molecule has 2 aliphatic heterocycles. The lowest BCUT2D eigenvalue weighted by Gasteiger charge is -2.41. The van der Waals surface area contributed by atoms with Crippen molar-refractivity contribution in [2.45, 2.75) is 50.9 Å². The average molecular weight is 591 g/mol. The van der Waals surface area contributed by atoms with Crippen LogP contribution in [0.15, 0.2) is 48.5 Å². The van der Waals surface area contributed by atoms with Gasteiger partial charge in [-0.2, -0.15) is 0 Å². The van der Waals surface area contributed by atoms with Gasteiger partial charge in [0.05, 0.1) is 18.1 Å². The molecule has 3 aromatic rings. The van der Waals surface area contributed by atoms with Crippen LogP contribution in [-0.4, -0.2) is 98.3 Å². The van der Waals surface area contributed by atoms with Gasteiger partial charge < -0.3 is 30.5 Å². The van der Waals surface area contributed by atoms with Gasteiger partial charge in [0.15, 0.2) is 0 Å². The lowest BCUT2D eigenvalue weighted by atomic mass is 10.1. The van der Waals surface area contributed by atoms with E-state index in [0.29, 0.717) is 5.52 Å². The first-order valence-electron chi connectivity index (χ1n) is 14.7. The van der Waals surface area contributed by atoms with Crippen LogP contribution in [-0.2, 0) is 39.3 Å². The summed E-state index contributed by atoms with van der Waals surface area (Å²) in [6.07, 6.45) is 1.75. The first-order valence-corrected chi connectivity index (χ1v) is 14.7. The smallest absolute Gasteiger partial charge is 0.410 e. The second kappa shape index (κ2) is 13.6. The van der Waals surface area contributed by atoms with Crippen LogP contribution >= 0.6 is 0 Å². The van der Waals surface area contributed by atoms with Crippen LogP contribution in [0.3, 0.4) is 0 Å². The summed E-state index contributed by atoms with van der Waals surface area (Å²) in [6.45, 7) is 2.00. The van der Waals surface area contributed by atoms with Gasteiger partial charge in [-0.3, -0.25) is 14.4 Å². The Morgan fingerprint density at radius 3 is 2.53 bits per heavy atom. The Kier molecular flexibility index (Phi) is 9.50. The van der Waals surface area contributed by atoms with Crippen molar-refractivity contribution in [2.24, 2.45) is 12.8 Å². The van der Waals surface area contributed by atoms with Crippen LogP contribution in [0.1, 0.15) is 36.8 Å². The summed E-state index contributed by atoms with van der Waals surface area (Å²) in [5.41, 5.74) is 9.48. The van der Waals surface area contributed by atoms with E-state index in [2.05, 4.69) is 15.6 Å². The van der Waals surface area contributed by atoms with Gasteiger partial charge in [0.2, 0.25) is 17.7 Å². The fourth-order valence-corrected chi connectivity index (χ4v) is 5.49. The molecule has 2 saturated heterocycles. The summed E-state index contributed by atoms with van der Waals surface area (Å²) in [4.78, 5) is 57.2. The number of fused-ring (bicyclic) bond motifs is 1. The van der Waals surface area contributed by atoms with E-state index >= 15 is 0 Å². The SMILES string of the molecule is Cn1nnc2cc(CNC(=O)C3CN(C(=O)OCc4ccccc4)CCN3C(=O)C(N)CCC(=O)N3CCCC3)ccc21. The number of nitrogens with one attached hydrogen (secondary N) is 1. The molecular weight excluding hydrogens is 552 g/mol. The Labute approximate surface area is 249 Å². The number of aromatic nitrogens is 3. The fraction of sp³-hybridized carbons (Fsp3) is 0.467. The summed E-state index contributed by atoms with van der Waals surface area (Å²) in [7, 11) is 1.80. The van der Waals surface area contributed by atoms with E-state index in [0.717, 1.165) is 42.6 Å². The van der Waals surface area contributed by atoms with Crippen molar-refractivity contribution in [1.82, 2.24) is 35.0 Å². The minimum atomic E-state index is -0.980. The highest BCUT2D eigenvalue weighted by Gasteiger charge is 2.39. The normalized spacial score (nSPS) is 17.6. The van der Waals surface area contributed by atoms with Crippen molar-refractivity contribution in [1.29, 1.82) is 0 Å². The number of hydrogen-bond donors (Lipinski definition) is 2. The van der Waals surface area contributed by atoms with E-state index in [1.165, 1.54) is 9.80 Å². The van der Waals surface area contributed by atoms with Crippen LogP contribution in [0, 0.1) is 0 Å². The minimum absolute atomic E-state index is 0.0129. The molecule has 1 aromatic heterocycles. The molecule has 2 atom stereocenters. The van der Waals surface area contributed by atoms with Crippen molar-refractivity contribution in [3.63, 3.8) is 0 Å². The average Bonchev–Trinajstić information content (AvgIpc) is 3.71. The van der Waals surface area contributed by atoms with E-state index < -0.39 is 30.0 Å². The number of carbonyl (C=O) groups excluding carboxylic acids is 4. The van der Waals surface area contributed by atoms with Gasteiger partial charge in [0.1, 0.15) is 18.2 Å². The summed E-state index contributed by atoms with van der Waals surface area (Å²) in [5.74, 6) is -0.859. The maximum absolute atomic E-state index is 13.5. The predicted molar refractivity (Wildman–Crippen MR) is 157 cm³/mol. The fourth-order valence-electron chi connectivity index (χ4n) is 5.49. The molecule has 13 heteroatoms. The van der Waals surface area contributed by atoms with Crippen LogP contribution < -0.4 is 11.1 Å². The number of rotatable bonds is 9. The molecule has 3 heterocycles. The van der Waals surface area contributed by atoms with E-state index in [1.54, 1.807) is 16.6 Å². The minimum Gasteiger partial charge on any atom is -0.445 e. The molecule has 0 radical (unpaired) electrons. The molecule has 2 unspecified atom stereocenters. The lowest BCUT2D eigenvalue weighted by molar-refractivity contribution is -0.145. The molecule has 2 aliphatic rings. The first kappa shape index (κ1) is 30.0. The zero-order chi connectivity index (χ0) is 30.3. The second-order valence-corrected chi connectivity index (χ2v) is 11.0. The number of nitrogens with zero attached hydrogens (tertiary/aromatic N) is 6. The maximum Gasteiger partial charge on any atom is 0.410 e. The predicted octanol–water partition coefficient (Wildman–Crippen LogP) is 1.16. The van der Waals surface area contributed by atoms with Gasteiger partial charge in [-0.25, -0.2) is 9.48 Å². The first-order chi connectivity index (χ1) is 20.8. The van der Waals surface area contributed by atoms with Crippen LogP contribution in [0.25, 0.3) is 11.0 Å². The molecule has 2 aromatic carbocycles. The number of ether oxygens (including phenoxy) is 1. The standard InChI is InChI=1S/C30H38N8O5/c1-35-25-11-9-22(17-24(25)33-34-35)18-32-28(40)26-19-37(30(42)43-20-21-7-3-2-4-8-21)15-16-38(26)29(41)23(31)10-12-27(39)36-13-5-6-14-36/h2-4,7-9,11,17,23,26H,5-6,10,12-16,18-20,31H2,1H3,(H,32,40). The molecule has 4 amide bonds. The number of hydrogen-bond acceptors (Lipinski definition) is 8. The molecule has 3 N–H and O–H groups in total. The highest BCUT2D eigenvalue weighted by molar-refractivity contribution is 5.91. The van der Waals surface area contributed by atoms with E-state index in [9.17, 15) is 19.2 Å². The molecular formula is C30H38N8O5. The van der Waals surface area contributed by atoms with Crippen molar-refractivity contribution >= 4 is 34.8 Å². The summed E-state index contributed by atoms with van der Waals surface area (Å²) < 4.78 is 7.16. The Balaban J connectivity index is 1.24. The molecule has 2 fully saturated rings. The van der Waals surface area contributed by atoms with Crippen molar-refractivity contribution in [2.75, 3.05) is 32.7 Å². The summed E-state index contributed by atoms with van der Waals surface area (Å²) in [6, 6.07) is 13.0. The number of carbonyl (C=O) groups is 4. The number of likely N-dealkylation sites (tertiary alicyclic amines) is 1. The number of aryl methyl sites for hydroxylation is 1. The van der Waals surface area contributed by atoms with Crippen molar-refractivity contribution in [3.05, 3.63) is 59.7 Å². The Bertz CT molecular complexity index is 1460. The zero-order valence-corrected chi connectivity index (χ0v) is 24.4. The number of nitrogens with two attached hydrogens (primary N) is 1. The molecule has 13 nitrogen and oxygen atoms in total. The quantitative estimate of drug-likeness (QED) is 0.376. The monoisotopic (exact) mass is 590 g/mol. The number of amides is 4.